The van der Waals surface area contributed by atoms with Gasteiger partial charge in [0.15, 0.2) is 0 Å². The van der Waals surface area contributed by atoms with E-state index in [4.69, 9.17) is 5.73 Å². The number of H-pyrrole nitrogens is 1. The summed E-state index contributed by atoms with van der Waals surface area (Å²) in [5, 5.41) is 7.93. The highest BCUT2D eigenvalue weighted by molar-refractivity contribution is 5.90. The zero-order valence-electron chi connectivity index (χ0n) is 9.10. The Balaban J connectivity index is 1.88. The van der Waals surface area contributed by atoms with Crippen molar-refractivity contribution in [2.75, 3.05) is 39.0 Å². The Morgan fingerprint density at radius 2 is 2.12 bits per heavy atom. The number of likely N-dealkylation sites (N-methyl/N-ethyl adjacent to an activating group) is 1. The van der Waals surface area contributed by atoms with Crippen molar-refractivity contribution in [3.05, 3.63) is 5.82 Å². The quantitative estimate of drug-likeness (QED) is 0.553. The number of nitrogen functional groups attached to an aromatic ring is 1. The number of aromatic amines is 1. The van der Waals surface area contributed by atoms with Gasteiger partial charge in [0.05, 0.1) is 0 Å². The molecule has 4 N–H and O–H groups in total. The van der Waals surface area contributed by atoms with Crippen LogP contribution in [0.1, 0.15) is 10.6 Å². The van der Waals surface area contributed by atoms with Crippen LogP contribution < -0.4 is 11.2 Å². The largest absolute Gasteiger partial charge is 0.366 e. The molecule has 1 saturated heterocycles. The van der Waals surface area contributed by atoms with Gasteiger partial charge >= 0.3 is 5.91 Å². The molecular formula is C8H15N7O. The van der Waals surface area contributed by atoms with E-state index in [0.717, 1.165) is 26.2 Å². The van der Waals surface area contributed by atoms with Gasteiger partial charge in [0.25, 0.3) is 0 Å². The average molecular weight is 225 g/mol. The Kier molecular flexibility index (Phi) is 3.02. The first-order chi connectivity index (χ1) is 7.65. The Morgan fingerprint density at radius 1 is 1.44 bits per heavy atom. The molecule has 8 nitrogen and oxygen atoms in total. The summed E-state index contributed by atoms with van der Waals surface area (Å²) in [4.78, 5) is 17.6. The summed E-state index contributed by atoms with van der Waals surface area (Å²) in [5.41, 5.74) is 8.06. The van der Waals surface area contributed by atoms with Crippen molar-refractivity contribution in [3.63, 3.8) is 0 Å². The zero-order valence-corrected chi connectivity index (χ0v) is 9.10. The van der Waals surface area contributed by atoms with E-state index in [1.807, 2.05) is 5.01 Å². The standard InChI is InChI=1S/C8H15N7O/c1-14-2-4-15(5-3-14)13-7(16)6-10-8(9)12-11-6/h2-5H2,1H3,(H,13,16)(H3,9,10,11,12). The lowest BCUT2D eigenvalue weighted by atomic mass is 10.4. The second kappa shape index (κ2) is 4.45. The van der Waals surface area contributed by atoms with Gasteiger partial charge in [0.1, 0.15) is 0 Å². The molecule has 0 atom stereocenters. The predicted molar refractivity (Wildman–Crippen MR) is 57.3 cm³/mol. The lowest BCUT2D eigenvalue weighted by Crippen LogP contribution is -2.52. The fourth-order valence-electron chi connectivity index (χ4n) is 1.49. The van der Waals surface area contributed by atoms with Gasteiger partial charge in [-0.15, -0.1) is 5.10 Å². The normalized spacial score (nSPS) is 18.6. The summed E-state index contributed by atoms with van der Waals surface area (Å²) in [6.07, 6.45) is 0. The van der Waals surface area contributed by atoms with E-state index in [9.17, 15) is 4.79 Å². The second-order valence-electron chi connectivity index (χ2n) is 3.77. The molecule has 0 saturated carbocycles. The molecule has 2 rings (SSSR count). The van der Waals surface area contributed by atoms with Crippen LogP contribution >= 0.6 is 0 Å². The fraction of sp³-hybridized carbons (Fsp3) is 0.625. The van der Waals surface area contributed by atoms with Crippen molar-refractivity contribution in [3.8, 4) is 0 Å². The van der Waals surface area contributed by atoms with Crippen LogP contribution in [0.2, 0.25) is 0 Å². The second-order valence-corrected chi connectivity index (χ2v) is 3.77. The van der Waals surface area contributed by atoms with Gasteiger partial charge in [-0.1, -0.05) is 0 Å². The third-order valence-corrected chi connectivity index (χ3v) is 2.48. The van der Waals surface area contributed by atoms with Crippen LogP contribution in [-0.2, 0) is 0 Å². The molecule has 1 aliphatic heterocycles. The van der Waals surface area contributed by atoms with Crippen molar-refractivity contribution >= 4 is 11.9 Å². The summed E-state index contributed by atoms with van der Waals surface area (Å²) >= 11 is 0. The molecule has 0 radical (unpaired) electrons. The average Bonchev–Trinajstić information content (AvgIpc) is 2.68. The van der Waals surface area contributed by atoms with E-state index in [1.54, 1.807) is 0 Å². The Morgan fingerprint density at radius 3 is 2.69 bits per heavy atom. The lowest BCUT2D eigenvalue weighted by Gasteiger charge is -2.31. The van der Waals surface area contributed by atoms with Gasteiger partial charge in [-0.05, 0) is 7.05 Å². The van der Waals surface area contributed by atoms with Crippen molar-refractivity contribution in [1.82, 2.24) is 30.5 Å². The number of aromatic nitrogens is 3. The Bertz CT molecular complexity index is 368. The van der Waals surface area contributed by atoms with E-state index in [2.05, 4.69) is 32.6 Å². The number of carbonyl (C=O) groups is 1. The Labute approximate surface area is 92.8 Å². The lowest BCUT2D eigenvalue weighted by molar-refractivity contribution is 0.0653. The number of hydrogen-bond donors (Lipinski definition) is 3. The van der Waals surface area contributed by atoms with Crippen molar-refractivity contribution in [1.29, 1.82) is 0 Å². The highest BCUT2D eigenvalue weighted by Gasteiger charge is 2.18. The van der Waals surface area contributed by atoms with Crippen LogP contribution in [0.3, 0.4) is 0 Å². The first kappa shape index (κ1) is 10.8. The third kappa shape index (κ3) is 2.47. The van der Waals surface area contributed by atoms with E-state index in [0.29, 0.717) is 0 Å². The number of hydrogen-bond acceptors (Lipinski definition) is 6. The number of hydrazine groups is 1. The predicted octanol–water partition coefficient (Wildman–Crippen LogP) is -1.72. The minimum Gasteiger partial charge on any atom is -0.366 e. The van der Waals surface area contributed by atoms with Gasteiger partial charge in [0, 0.05) is 26.2 Å². The molecular weight excluding hydrogens is 210 g/mol. The minimum absolute atomic E-state index is 0.0727. The van der Waals surface area contributed by atoms with Gasteiger partial charge < -0.3 is 10.6 Å². The maximum absolute atomic E-state index is 11.7. The summed E-state index contributed by atoms with van der Waals surface area (Å²) in [5.74, 6) is -0.103. The molecule has 0 unspecified atom stereocenters. The molecule has 1 aliphatic rings. The van der Waals surface area contributed by atoms with Crippen LogP contribution in [0, 0.1) is 0 Å². The molecule has 1 aromatic heterocycles. The topological polar surface area (TPSA) is 103 Å². The van der Waals surface area contributed by atoms with Gasteiger partial charge in [0.2, 0.25) is 11.8 Å². The van der Waals surface area contributed by atoms with Crippen LogP contribution in [0.5, 0.6) is 0 Å². The molecule has 0 aromatic carbocycles. The summed E-state index contributed by atoms with van der Waals surface area (Å²) in [7, 11) is 2.05. The number of amides is 1. The number of piperazine rings is 1. The summed E-state index contributed by atoms with van der Waals surface area (Å²) in [6, 6.07) is 0. The maximum atomic E-state index is 11.7. The van der Waals surface area contributed by atoms with Crippen molar-refractivity contribution in [2.24, 2.45) is 0 Å². The fourth-order valence-corrected chi connectivity index (χ4v) is 1.49. The number of nitrogens with two attached hydrogens (primary N) is 1. The van der Waals surface area contributed by atoms with E-state index >= 15 is 0 Å². The smallest absolute Gasteiger partial charge is 0.302 e. The minimum atomic E-state index is -0.311. The molecule has 0 aliphatic carbocycles. The van der Waals surface area contributed by atoms with Gasteiger partial charge in [-0.2, -0.15) is 4.98 Å². The Hall–Kier alpha value is -1.67. The van der Waals surface area contributed by atoms with Crippen LogP contribution in [-0.4, -0.2) is 64.2 Å². The SMILES string of the molecule is CN1CCN(NC(=O)c2nc(N)n[nH]2)CC1. The molecule has 1 aromatic rings. The maximum Gasteiger partial charge on any atom is 0.302 e. The summed E-state index contributed by atoms with van der Waals surface area (Å²) in [6.45, 7) is 3.45. The molecule has 1 amide bonds. The van der Waals surface area contributed by atoms with E-state index in [-0.39, 0.29) is 17.7 Å². The number of rotatable bonds is 2. The molecule has 0 bridgehead atoms. The van der Waals surface area contributed by atoms with Crippen LogP contribution in [0.4, 0.5) is 5.95 Å². The highest BCUT2D eigenvalue weighted by Crippen LogP contribution is 1.98. The molecule has 0 spiro atoms. The highest BCUT2D eigenvalue weighted by atomic mass is 16.2. The number of nitrogens with zero attached hydrogens (tertiary/aromatic N) is 4. The molecule has 16 heavy (non-hydrogen) atoms. The first-order valence-corrected chi connectivity index (χ1v) is 5.07. The summed E-state index contributed by atoms with van der Waals surface area (Å²) < 4.78 is 0. The monoisotopic (exact) mass is 225 g/mol. The zero-order chi connectivity index (χ0) is 11.5. The van der Waals surface area contributed by atoms with E-state index in [1.165, 1.54) is 0 Å². The van der Waals surface area contributed by atoms with Gasteiger partial charge in [-0.25, -0.2) is 5.01 Å². The molecule has 8 heteroatoms. The van der Waals surface area contributed by atoms with Gasteiger partial charge in [-0.3, -0.25) is 15.3 Å². The first-order valence-electron chi connectivity index (χ1n) is 5.07. The van der Waals surface area contributed by atoms with Crippen LogP contribution in [0.15, 0.2) is 0 Å². The molecule has 88 valence electrons. The van der Waals surface area contributed by atoms with Crippen LogP contribution in [0.25, 0.3) is 0 Å². The molecule has 2 heterocycles. The number of nitrogens with one attached hydrogen (secondary N) is 2. The van der Waals surface area contributed by atoms with Crippen molar-refractivity contribution < 1.29 is 4.79 Å². The van der Waals surface area contributed by atoms with Crippen molar-refractivity contribution in [2.45, 2.75) is 0 Å². The molecule has 1 fully saturated rings. The number of anilines is 1. The van der Waals surface area contributed by atoms with E-state index < -0.39 is 0 Å². The third-order valence-electron chi connectivity index (χ3n) is 2.48. The number of carbonyl (C=O) groups excluding carboxylic acids is 1.